The van der Waals surface area contributed by atoms with E-state index in [0.717, 1.165) is 11.3 Å². The summed E-state index contributed by atoms with van der Waals surface area (Å²) < 4.78 is 32.7. The molecular formula is C17H15ClN4O4S2. The predicted molar refractivity (Wildman–Crippen MR) is 108 cm³/mol. The van der Waals surface area contributed by atoms with Crippen LogP contribution in [-0.4, -0.2) is 31.1 Å². The molecule has 0 bridgehead atoms. The van der Waals surface area contributed by atoms with Crippen LogP contribution in [0.1, 0.15) is 17.3 Å². The van der Waals surface area contributed by atoms with Crippen molar-refractivity contribution in [1.29, 1.82) is 0 Å². The molecule has 0 aliphatic rings. The minimum absolute atomic E-state index is 0.0541. The molecule has 3 aromatic rings. The molecule has 0 aliphatic heterocycles. The number of aromatic nitrogens is 2. The van der Waals surface area contributed by atoms with Gasteiger partial charge < -0.3 is 4.74 Å². The van der Waals surface area contributed by atoms with E-state index in [1.54, 1.807) is 55.5 Å². The first kappa shape index (κ1) is 20.1. The second-order valence-electron chi connectivity index (χ2n) is 5.37. The molecule has 0 spiro atoms. The van der Waals surface area contributed by atoms with Gasteiger partial charge in [0.25, 0.3) is 20.3 Å². The normalized spacial score (nSPS) is 11.1. The zero-order valence-corrected chi connectivity index (χ0v) is 16.9. The Morgan fingerprint density at radius 1 is 1.14 bits per heavy atom. The van der Waals surface area contributed by atoms with Crippen LogP contribution in [0.15, 0.2) is 52.9 Å². The van der Waals surface area contributed by atoms with Crippen LogP contribution in [0.3, 0.4) is 0 Å². The van der Waals surface area contributed by atoms with E-state index >= 15 is 0 Å². The highest BCUT2D eigenvalue weighted by Gasteiger charge is 2.22. The minimum Gasteiger partial charge on any atom is -0.492 e. The second kappa shape index (κ2) is 8.55. The number of carbonyl (C=O) groups is 1. The summed E-state index contributed by atoms with van der Waals surface area (Å²) in [5.41, 5.74) is 0.638. The van der Waals surface area contributed by atoms with Crippen molar-refractivity contribution < 1.29 is 17.9 Å². The molecule has 0 fully saturated rings. The fourth-order valence-electron chi connectivity index (χ4n) is 2.16. The average molecular weight is 439 g/mol. The Hall–Kier alpha value is -2.69. The standard InChI is InChI=1S/C17H15ClN4O4S2/c1-2-26-14-6-4-3-5-13(14)22-28(24,25)17-21-20-16(27-17)19-15(23)11-7-9-12(18)10-8-11/h3-10,22H,2H2,1H3,(H,19,20,23). The van der Waals surface area contributed by atoms with Gasteiger partial charge in [-0.05, 0) is 43.3 Å². The summed E-state index contributed by atoms with van der Waals surface area (Å²) in [5, 5.41) is 10.5. The van der Waals surface area contributed by atoms with Crippen molar-refractivity contribution >= 4 is 49.7 Å². The fourth-order valence-corrected chi connectivity index (χ4v) is 4.25. The number of hydrogen-bond donors (Lipinski definition) is 2. The first-order valence-electron chi connectivity index (χ1n) is 8.04. The van der Waals surface area contributed by atoms with Gasteiger partial charge in [-0.2, -0.15) is 8.42 Å². The summed E-state index contributed by atoms with van der Waals surface area (Å²) in [6.45, 7) is 2.18. The number of sulfonamides is 1. The lowest BCUT2D eigenvalue weighted by Crippen LogP contribution is -2.13. The van der Waals surface area contributed by atoms with E-state index in [4.69, 9.17) is 16.3 Å². The molecule has 0 aliphatic carbocycles. The number of anilines is 2. The van der Waals surface area contributed by atoms with Crippen LogP contribution in [0.5, 0.6) is 5.75 Å². The number of rotatable bonds is 7. The summed E-state index contributed by atoms with van der Waals surface area (Å²) in [5.74, 6) is -0.0548. The number of hydrogen-bond acceptors (Lipinski definition) is 7. The van der Waals surface area contributed by atoms with Gasteiger partial charge in [0.1, 0.15) is 5.75 Å². The maximum atomic E-state index is 12.6. The van der Waals surface area contributed by atoms with Crippen molar-refractivity contribution in [3.63, 3.8) is 0 Å². The van der Waals surface area contributed by atoms with E-state index in [9.17, 15) is 13.2 Å². The molecule has 3 rings (SSSR count). The third kappa shape index (κ3) is 4.77. The van der Waals surface area contributed by atoms with Gasteiger partial charge in [0.15, 0.2) is 0 Å². The SMILES string of the molecule is CCOc1ccccc1NS(=O)(=O)c1nnc(NC(=O)c2ccc(Cl)cc2)s1. The van der Waals surface area contributed by atoms with Crippen molar-refractivity contribution in [1.82, 2.24) is 10.2 Å². The zero-order valence-electron chi connectivity index (χ0n) is 14.5. The highest BCUT2D eigenvalue weighted by molar-refractivity contribution is 7.94. The summed E-state index contributed by atoms with van der Waals surface area (Å²) in [4.78, 5) is 12.2. The number of nitrogens with one attached hydrogen (secondary N) is 2. The molecule has 2 N–H and O–H groups in total. The van der Waals surface area contributed by atoms with Crippen molar-refractivity contribution in [2.24, 2.45) is 0 Å². The van der Waals surface area contributed by atoms with E-state index in [0.29, 0.717) is 22.9 Å². The van der Waals surface area contributed by atoms with E-state index in [-0.39, 0.29) is 15.2 Å². The monoisotopic (exact) mass is 438 g/mol. The van der Waals surface area contributed by atoms with Crippen LogP contribution in [0.4, 0.5) is 10.8 Å². The maximum absolute atomic E-state index is 12.6. The van der Waals surface area contributed by atoms with Gasteiger partial charge in [-0.25, -0.2) is 0 Å². The molecule has 1 aromatic heterocycles. The lowest BCUT2D eigenvalue weighted by atomic mass is 10.2. The molecule has 146 valence electrons. The van der Waals surface area contributed by atoms with Gasteiger partial charge in [0.05, 0.1) is 12.3 Å². The second-order valence-corrected chi connectivity index (χ2v) is 8.64. The molecular weight excluding hydrogens is 424 g/mol. The molecule has 0 saturated heterocycles. The topological polar surface area (TPSA) is 110 Å². The van der Waals surface area contributed by atoms with Gasteiger partial charge in [0, 0.05) is 10.6 Å². The molecule has 2 aromatic carbocycles. The average Bonchev–Trinajstić information content (AvgIpc) is 3.13. The molecule has 8 nitrogen and oxygen atoms in total. The van der Waals surface area contributed by atoms with Gasteiger partial charge in [-0.1, -0.05) is 35.1 Å². The van der Waals surface area contributed by atoms with Gasteiger partial charge >= 0.3 is 0 Å². The third-order valence-corrected chi connectivity index (χ3v) is 6.22. The Kier molecular flexibility index (Phi) is 6.12. The van der Waals surface area contributed by atoms with Crippen molar-refractivity contribution in [2.45, 2.75) is 11.3 Å². The summed E-state index contributed by atoms with van der Waals surface area (Å²) >= 11 is 6.53. The number of nitrogens with zero attached hydrogens (tertiary/aromatic N) is 2. The molecule has 11 heteroatoms. The molecule has 1 heterocycles. The molecule has 0 atom stereocenters. The number of halogens is 1. The van der Waals surface area contributed by atoms with Gasteiger partial charge in [0.2, 0.25) is 5.13 Å². The number of ether oxygens (including phenoxy) is 1. The molecule has 0 radical (unpaired) electrons. The third-order valence-electron chi connectivity index (χ3n) is 3.39. The Morgan fingerprint density at radius 3 is 2.57 bits per heavy atom. The summed E-state index contributed by atoms with van der Waals surface area (Å²) in [7, 11) is -3.99. The highest BCUT2D eigenvalue weighted by atomic mass is 35.5. The van der Waals surface area contributed by atoms with Crippen LogP contribution in [0.2, 0.25) is 5.02 Å². The highest BCUT2D eigenvalue weighted by Crippen LogP contribution is 2.28. The quantitative estimate of drug-likeness (QED) is 0.545. The largest absolute Gasteiger partial charge is 0.492 e. The van der Waals surface area contributed by atoms with Crippen molar-refractivity contribution in [3.05, 3.63) is 59.1 Å². The Morgan fingerprint density at radius 2 is 1.86 bits per heavy atom. The fraction of sp³-hybridized carbons (Fsp3) is 0.118. The lowest BCUT2D eigenvalue weighted by molar-refractivity contribution is 0.102. The number of benzene rings is 2. The smallest absolute Gasteiger partial charge is 0.291 e. The Balaban J connectivity index is 1.75. The molecule has 0 unspecified atom stereocenters. The van der Waals surface area contributed by atoms with Crippen LogP contribution in [-0.2, 0) is 10.0 Å². The van der Waals surface area contributed by atoms with Crippen LogP contribution in [0.25, 0.3) is 0 Å². The Bertz CT molecular complexity index is 1080. The summed E-state index contributed by atoms with van der Waals surface area (Å²) in [6.07, 6.45) is 0. The first-order chi connectivity index (χ1) is 13.4. The van der Waals surface area contributed by atoms with E-state index in [1.165, 1.54) is 0 Å². The van der Waals surface area contributed by atoms with Crippen LogP contribution >= 0.6 is 22.9 Å². The molecule has 0 saturated carbocycles. The van der Waals surface area contributed by atoms with Gasteiger partial charge in [-0.15, -0.1) is 10.2 Å². The zero-order chi connectivity index (χ0) is 20.1. The van der Waals surface area contributed by atoms with Crippen LogP contribution in [0, 0.1) is 0 Å². The lowest BCUT2D eigenvalue weighted by Gasteiger charge is -2.10. The number of para-hydroxylation sites is 2. The van der Waals surface area contributed by atoms with Gasteiger partial charge in [-0.3, -0.25) is 14.8 Å². The first-order valence-corrected chi connectivity index (χ1v) is 10.7. The van der Waals surface area contributed by atoms with E-state index in [1.807, 2.05) is 0 Å². The minimum atomic E-state index is -3.99. The predicted octanol–water partition coefficient (Wildman–Crippen LogP) is 3.64. The summed E-state index contributed by atoms with van der Waals surface area (Å²) in [6, 6.07) is 12.9. The van der Waals surface area contributed by atoms with E-state index in [2.05, 4.69) is 20.2 Å². The van der Waals surface area contributed by atoms with E-state index < -0.39 is 15.9 Å². The van der Waals surface area contributed by atoms with Crippen LogP contribution < -0.4 is 14.8 Å². The maximum Gasteiger partial charge on any atom is 0.291 e. The number of amides is 1. The molecule has 28 heavy (non-hydrogen) atoms. The molecule has 1 amide bonds. The van der Waals surface area contributed by atoms with Crippen molar-refractivity contribution in [3.8, 4) is 5.75 Å². The number of carbonyl (C=O) groups excluding carboxylic acids is 1. The van der Waals surface area contributed by atoms with Crippen molar-refractivity contribution in [2.75, 3.05) is 16.6 Å². The Labute approximate surface area is 170 Å².